The van der Waals surface area contributed by atoms with Crippen LogP contribution in [0.25, 0.3) is 10.9 Å². The molecule has 0 aliphatic rings. The molecule has 3 rings (SSSR count). The number of para-hydroxylation sites is 1. The van der Waals surface area contributed by atoms with Crippen molar-refractivity contribution in [2.45, 2.75) is 38.8 Å². The lowest BCUT2D eigenvalue weighted by Crippen LogP contribution is -2.43. The van der Waals surface area contributed by atoms with Crippen LogP contribution in [0.3, 0.4) is 0 Å². The Labute approximate surface area is 189 Å². The van der Waals surface area contributed by atoms with Gasteiger partial charge in [-0.2, -0.15) is 0 Å². The highest BCUT2D eigenvalue weighted by Gasteiger charge is 2.27. The van der Waals surface area contributed by atoms with Gasteiger partial charge in [0.05, 0.1) is 18.2 Å². The van der Waals surface area contributed by atoms with Gasteiger partial charge in [-0.05, 0) is 44.5 Å². The number of hydrogen-bond donors (Lipinski definition) is 1. The van der Waals surface area contributed by atoms with E-state index in [0.717, 1.165) is 19.2 Å². The number of halogens is 2. The zero-order valence-electron chi connectivity index (χ0n) is 18.6. The summed E-state index contributed by atoms with van der Waals surface area (Å²) in [5.74, 6) is -3.56. The molecule has 0 bridgehead atoms. The van der Waals surface area contributed by atoms with Crippen LogP contribution in [0.1, 0.15) is 36.7 Å². The zero-order valence-corrected chi connectivity index (χ0v) is 18.6. The van der Waals surface area contributed by atoms with E-state index >= 15 is 0 Å². The minimum absolute atomic E-state index is 0.0441. The fourth-order valence-corrected chi connectivity index (χ4v) is 3.34. The number of amides is 1. The predicted molar refractivity (Wildman–Crippen MR) is 117 cm³/mol. The molecule has 1 N–H and O–H groups in total. The maximum Gasteiger partial charge on any atom is 0.419 e. The van der Waals surface area contributed by atoms with E-state index in [-0.39, 0.29) is 6.42 Å². The highest BCUT2D eigenvalue weighted by atomic mass is 19.1. The summed E-state index contributed by atoms with van der Waals surface area (Å²) in [6.07, 6.45) is 0.883. The van der Waals surface area contributed by atoms with Crippen LogP contribution in [0.2, 0.25) is 0 Å². The Morgan fingerprint density at radius 1 is 1.09 bits per heavy atom. The number of rotatable bonds is 5. The first kappa shape index (κ1) is 23.9. The summed E-state index contributed by atoms with van der Waals surface area (Å²) in [4.78, 5) is 37.7. The van der Waals surface area contributed by atoms with Crippen molar-refractivity contribution in [2.24, 2.45) is 0 Å². The van der Waals surface area contributed by atoms with Gasteiger partial charge in [0.2, 0.25) is 0 Å². The molecule has 0 saturated heterocycles. The Kier molecular flexibility index (Phi) is 6.81. The largest absolute Gasteiger partial charge is 0.467 e. The summed E-state index contributed by atoms with van der Waals surface area (Å²) < 4.78 is 38.8. The second-order valence-electron chi connectivity index (χ2n) is 8.40. The van der Waals surface area contributed by atoms with Gasteiger partial charge in [-0.3, -0.25) is 9.36 Å². The van der Waals surface area contributed by atoms with Crippen molar-refractivity contribution in [2.75, 3.05) is 7.11 Å². The summed E-state index contributed by atoms with van der Waals surface area (Å²) in [7, 11) is 1.16. The number of fused-ring (bicyclic) bond motifs is 1. The number of nitrogens with one attached hydrogen (secondary N) is 1. The maximum absolute atomic E-state index is 14.0. The lowest BCUT2D eigenvalue weighted by atomic mass is 10.0. The molecular weight excluding hydrogens is 434 g/mol. The number of benzene rings is 2. The molecule has 0 saturated carbocycles. The third kappa shape index (κ3) is 5.54. The summed E-state index contributed by atoms with van der Waals surface area (Å²) in [6, 6.07) is 8.34. The molecule has 174 valence electrons. The number of nitrogens with zero attached hydrogens (tertiary/aromatic N) is 1. The number of esters is 1. The number of carbonyl (C=O) groups is 3. The molecule has 9 heteroatoms. The summed E-state index contributed by atoms with van der Waals surface area (Å²) >= 11 is 0. The number of aromatic nitrogens is 1. The van der Waals surface area contributed by atoms with Gasteiger partial charge in [-0.25, -0.2) is 18.4 Å². The van der Waals surface area contributed by atoms with Crippen molar-refractivity contribution in [3.63, 3.8) is 0 Å². The SMILES string of the molecule is COC(=O)[C@@H](Cc1cn(C(=O)OC(C)(C)C)c2ccccc12)NC(=O)c1ccc(F)cc1F. The minimum Gasteiger partial charge on any atom is -0.467 e. The number of hydrogen-bond acceptors (Lipinski definition) is 5. The van der Waals surface area contributed by atoms with Gasteiger partial charge in [0.1, 0.15) is 23.3 Å². The summed E-state index contributed by atoms with van der Waals surface area (Å²) in [5.41, 5.74) is -0.0146. The van der Waals surface area contributed by atoms with Crippen molar-refractivity contribution < 1.29 is 32.6 Å². The molecule has 33 heavy (non-hydrogen) atoms. The van der Waals surface area contributed by atoms with Crippen LogP contribution in [0.5, 0.6) is 0 Å². The van der Waals surface area contributed by atoms with Crippen LogP contribution in [0.15, 0.2) is 48.7 Å². The van der Waals surface area contributed by atoms with Crippen LogP contribution in [0.4, 0.5) is 13.6 Å². The van der Waals surface area contributed by atoms with Gasteiger partial charge in [0, 0.05) is 24.1 Å². The van der Waals surface area contributed by atoms with Crippen LogP contribution in [-0.2, 0) is 20.7 Å². The van der Waals surface area contributed by atoms with Crippen molar-refractivity contribution in [3.8, 4) is 0 Å². The van der Waals surface area contributed by atoms with E-state index in [1.807, 2.05) is 0 Å². The van der Waals surface area contributed by atoms with Gasteiger partial charge in [-0.1, -0.05) is 18.2 Å². The molecule has 2 aromatic carbocycles. The lowest BCUT2D eigenvalue weighted by Gasteiger charge is -2.19. The van der Waals surface area contributed by atoms with Crippen LogP contribution >= 0.6 is 0 Å². The van der Waals surface area contributed by atoms with Crippen LogP contribution in [-0.4, -0.2) is 41.3 Å². The van der Waals surface area contributed by atoms with Crippen LogP contribution < -0.4 is 5.32 Å². The Hall–Kier alpha value is -3.75. The van der Waals surface area contributed by atoms with Gasteiger partial charge in [0.25, 0.3) is 5.91 Å². The smallest absolute Gasteiger partial charge is 0.419 e. The molecule has 0 spiro atoms. The molecule has 0 fully saturated rings. The van der Waals surface area contributed by atoms with Gasteiger partial charge in [-0.15, -0.1) is 0 Å². The molecule has 1 aromatic heterocycles. The van der Waals surface area contributed by atoms with Crippen molar-refractivity contribution in [3.05, 3.63) is 71.4 Å². The third-order valence-corrected chi connectivity index (χ3v) is 4.78. The molecule has 1 amide bonds. The number of methoxy groups -OCH3 is 1. The molecule has 7 nitrogen and oxygen atoms in total. The second-order valence-corrected chi connectivity index (χ2v) is 8.40. The van der Waals surface area contributed by atoms with Crippen molar-refractivity contribution >= 4 is 28.9 Å². The quantitative estimate of drug-likeness (QED) is 0.579. The Balaban J connectivity index is 1.94. The first-order valence-corrected chi connectivity index (χ1v) is 10.2. The lowest BCUT2D eigenvalue weighted by molar-refractivity contribution is -0.142. The fraction of sp³-hybridized carbons (Fsp3) is 0.292. The van der Waals surface area contributed by atoms with Gasteiger partial charge in [0.15, 0.2) is 0 Å². The standard InChI is InChI=1S/C24H24F2N2O5/c1-24(2,3)33-23(31)28-13-14(16-7-5-6-8-20(16)28)11-19(22(30)32-4)27-21(29)17-10-9-15(25)12-18(17)26/h5-10,12-13,19H,11H2,1-4H3,(H,27,29)/t19-/m1/s1. The molecule has 0 aliphatic carbocycles. The first-order chi connectivity index (χ1) is 15.5. The minimum atomic E-state index is -1.19. The van der Waals surface area contributed by atoms with Crippen molar-refractivity contribution in [1.82, 2.24) is 9.88 Å². The van der Waals surface area contributed by atoms with E-state index < -0.39 is 46.8 Å². The molecule has 1 atom stereocenters. The molecule has 0 aliphatic heterocycles. The number of carbonyl (C=O) groups excluding carboxylic acids is 3. The third-order valence-electron chi connectivity index (χ3n) is 4.78. The maximum atomic E-state index is 14.0. The van der Waals surface area contributed by atoms with E-state index in [9.17, 15) is 23.2 Å². The highest BCUT2D eigenvalue weighted by Crippen LogP contribution is 2.24. The van der Waals surface area contributed by atoms with Gasteiger partial charge >= 0.3 is 12.1 Å². The van der Waals surface area contributed by atoms with E-state index in [0.29, 0.717) is 22.5 Å². The van der Waals surface area contributed by atoms with Crippen LogP contribution in [0, 0.1) is 11.6 Å². The second kappa shape index (κ2) is 9.40. The topological polar surface area (TPSA) is 86.6 Å². The molecule has 0 radical (unpaired) electrons. The van der Waals surface area contributed by atoms with E-state index in [4.69, 9.17) is 9.47 Å². The predicted octanol–water partition coefficient (Wildman–Crippen LogP) is 4.22. The van der Waals surface area contributed by atoms with Crippen molar-refractivity contribution in [1.29, 1.82) is 0 Å². The normalized spacial score (nSPS) is 12.3. The van der Waals surface area contributed by atoms with E-state index in [1.165, 1.54) is 10.8 Å². The Bertz CT molecular complexity index is 1210. The Morgan fingerprint density at radius 3 is 2.42 bits per heavy atom. The van der Waals surface area contributed by atoms with Gasteiger partial charge < -0.3 is 14.8 Å². The summed E-state index contributed by atoms with van der Waals surface area (Å²) in [6.45, 7) is 5.23. The monoisotopic (exact) mass is 458 g/mol. The fourth-order valence-electron chi connectivity index (χ4n) is 3.34. The zero-order chi connectivity index (χ0) is 24.3. The number of ether oxygens (including phenoxy) is 2. The van der Waals surface area contributed by atoms with E-state index in [1.54, 1.807) is 45.0 Å². The summed E-state index contributed by atoms with van der Waals surface area (Å²) in [5, 5.41) is 3.10. The molecule has 0 unspecified atom stereocenters. The first-order valence-electron chi connectivity index (χ1n) is 10.2. The molecule has 3 aromatic rings. The average molecular weight is 458 g/mol. The highest BCUT2D eigenvalue weighted by molar-refractivity contribution is 5.97. The molecule has 1 heterocycles. The van der Waals surface area contributed by atoms with E-state index in [2.05, 4.69) is 5.32 Å². The average Bonchev–Trinajstić information content (AvgIpc) is 3.10. The molecular formula is C24H24F2N2O5. The Morgan fingerprint density at radius 2 is 1.79 bits per heavy atom.